The molecule has 1 rings (SSSR count). The Morgan fingerprint density at radius 1 is 1.64 bits per heavy atom. The molecule has 82 valence electrons. The molecule has 4 nitrogen and oxygen atoms in total. The molecular weight excluding hydrogens is 180 g/mol. The number of nitrogens with two attached hydrogens (primary N) is 1. The van der Waals surface area contributed by atoms with Gasteiger partial charge in [0.05, 0.1) is 5.41 Å². The quantitative estimate of drug-likeness (QED) is 0.558. The Balaban J connectivity index is 2.21. The Bertz CT molecular complexity index is 202. The summed E-state index contributed by atoms with van der Waals surface area (Å²) in [5.74, 6) is 0.419. The molecule has 1 atom stereocenters. The Labute approximate surface area is 84.9 Å². The van der Waals surface area contributed by atoms with Crippen LogP contribution in [0, 0.1) is 11.3 Å². The minimum Gasteiger partial charge on any atom is -0.396 e. The van der Waals surface area contributed by atoms with Crippen molar-refractivity contribution in [1.82, 2.24) is 5.32 Å². The topological polar surface area (TPSA) is 75.3 Å². The van der Waals surface area contributed by atoms with Crippen LogP contribution >= 0.6 is 0 Å². The number of carbonyl (C=O) groups excluding carboxylic acids is 1. The van der Waals surface area contributed by atoms with Gasteiger partial charge in [-0.25, -0.2) is 0 Å². The number of nitrogens with one attached hydrogen (secondary N) is 1. The van der Waals surface area contributed by atoms with Crippen molar-refractivity contribution in [2.24, 2.45) is 17.1 Å². The summed E-state index contributed by atoms with van der Waals surface area (Å²) < 4.78 is 0. The van der Waals surface area contributed by atoms with Gasteiger partial charge in [-0.3, -0.25) is 4.79 Å². The van der Waals surface area contributed by atoms with E-state index in [4.69, 9.17) is 10.8 Å². The molecule has 0 aromatic rings. The van der Waals surface area contributed by atoms with Gasteiger partial charge in [-0.1, -0.05) is 6.92 Å². The molecule has 0 heterocycles. The molecule has 1 amide bonds. The van der Waals surface area contributed by atoms with E-state index in [0.717, 1.165) is 19.3 Å². The molecule has 1 unspecified atom stereocenters. The van der Waals surface area contributed by atoms with Crippen LogP contribution in [0.15, 0.2) is 0 Å². The van der Waals surface area contributed by atoms with E-state index in [9.17, 15) is 4.79 Å². The summed E-state index contributed by atoms with van der Waals surface area (Å²) in [7, 11) is 0. The van der Waals surface area contributed by atoms with Crippen LogP contribution in [0.2, 0.25) is 0 Å². The van der Waals surface area contributed by atoms with Crippen LogP contribution < -0.4 is 11.1 Å². The van der Waals surface area contributed by atoms with E-state index in [-0.39, 0.29) is 17.9 Å². The molecule has 0 aromatic carbocycles. The third-order valence-corrected chi connectivity index (χ3v) is 2.96. The summed E-state index contributed by atoms with van der Waals surface area (Å²) >= 11 is 0. The van der Waals surface area contributed by atoms with Crippen molar-refractivity contribution in [2.75, 3.05) is 19.7 Å². The van der Waals surface area contributed by atoms with Crippen LogP contribution in [0.25, 0.3) is 0 Å². The van der Waals surface area contributed by atoms with Gasteiger partial charge in [0.15, 0.2) is 0 Å². The highest BCUT2D eigenvalue weighted by atomic mass is 16.3. The number of hydrogen-bond donors (Lipinski definition) is 3. The smallest absolute Gasteiger partial charge is 0.227 e. The zero-order chi connectivity index (χ0) is 10.6. The monoisotopic (exact) mass is 200 g/mol. The average Bonchev–Trinajstić information content (AvgIpc) is 2.95. The minimum absolute atomic E-state index is 0.0878. The molecule has 0 radical (unpaired) electrons. The first-order chi connectivity index (χ1) is 6.64. The SMILES string of the molecule is CC(CCO)CNC(=O)C1(CN)CC1. The van der Waals surface area contributed by atoms with Crippen molar-refractivity contribution in [1.29, 1.82) is 0 Å². The largest absolute Gasteiger partial charge is 0.396 e. The summed E-state index contributed by atoms with van der Waals surface area (Å²) in [6.45, 7) is 3.28. The number of hydrogen-bond acceptors (Lipinski definition) is 3. The highest BCUT2D eigenvalue weighted by Crippen LogP contribution is 2.44. The normalized spacial score (nSPS) is 20.2. The number of rotatable bonds is 6. The van der Waals surface area contributed by atoms with Gasteiger partial charge in [-0.15, -0.1) is 0 Å². The van der Waals surface area contributed by atoms with Crippen LogP contribution in [0.5, 0.6) is 0 Å². The maximum Gasteiger partial charge on any atom is 0.227 e. The maximum absolute atomic E-state index is 11.6. The van der Waals surface area contributed by atoms with E-state index >= 15 is 0 Å². The first-order valence-corrected chi connectivity index (χ1v) is 5.24. The van der Waals surface area contributed by atoms with Gasteiger partial charge in [-0.2, -0.15) is 0 Å². The average molecular weight is 200 g/mol. The fraction of sp³-hybridized carbons (Fsp3) is 0.900. The lowest BCUT2D eigenvalue weighted by molar-refractivity contribution is -0.126. The molecule has 0 saturated heterocycles. The van der Waals surface area contributed by atoms with Gasteiger partial charge >= 0.3 is 0 Å². The van der Waals surface area contributed by atoms with Gasteiger partial charge in [0.1, 0.15) is 0 Å². The fourth-order valence-electron chi connectivity index (χ4n) is 1.45. The van der Waals surface area contributed by atoms with Crippen LogP contribution in [0.4, 0.5) is 0 Å². The van der Waals surface area contributed by atoms with Crippen molar-refractivity contribution in [3.63, 3.8) is 0 Å². The standard InChI is InChI=1S/C10H20N2O2/c1-8(2-5-13)6-12-9(14)10(7-11)3-4-10/h8,13H,2-7,11H2,1H3,(H,12,14). The lowest BCUT2D eigenvalue weighted by Crippen LogP contribution is -2.38. The van der Waals surface area contributed by atoms with Crippen LogP contribution in [0.1, 0.15) is 26.2 Å². The van der Waals surface area contributed by atoms with E-state index < -0.39 is 0 Å². The summed E-state index contributed by atoms with van der Waals surface area (Å²) in [4.78, 5) is 11.6. The lowest BCUT2D eigenvalue weighted by atomic mass is 10.1. The van der Waals surface area contributed by atoms with Crippen LogP contribution in [0.3, 0.4) is 0 Å². The molecule has 0 aliphatic heterocycles. The van der Waals surface area contributed by atoms with Crippen molar-refractivity contribution < 1.29 is 9.90 Å². The second kappa shape index (κ2) is 4.75. The highest BCUT2D eigenvalue weighted by molar-refractivity contribution is 5.85. The van der Waals surface area contributed by atoms with Crippen LogP contribution in [-0.2, 0) is 4.79 Å². The number of amides is 1. The predicted octanol–water partition coefficient (Wildman–Crippen LogP) is -0.140. The third kappa shape index (κ3) is 2.69. The molecule has 1 aliphatic carbocycles. The number of carbonyl (C=O) groups is 1. The molecule has 0 bridgehead atoms. The second-order valence-electron chi connectivity index (χ2n) is 4.31. The van der Waals surface area contributed by atoms with Crippen molar-refractivity contribution in [2.45, 2.75) is 26.2 Å². The molecule has 0 spiro atoms. The molecular formula is C10H20N2O2. The van der Waals surface area contributed by atoms with E-state index in [1.54, 1.807) is 0 Å². The summed E-state index contributed by atoms with van der Waals surface area (Å²) in [5.41, 5.74) is 5.28. The second-order valence-corrected chi connectivity index (χ2v) is 4.31. The lowest BCUT2D eigenvalue weighted by Gasteiger charge is -2.15. The van der Waals surface area contributed by atoms with Crippen molar-refractivity contribution in [3.8, 4) is 0 Å². The first kappa shape index (κ1) is 11.5. The summed E-state index contributed by atoms with van der Waals surface area (Å²) in [6, 6.07) is 0. The first-order valence-electron chi connectivity index (χ1n) is 5.24. The van der Waals surface area contributed by atoms with Gasteiger partial charge in [0.2, 0.25) is 5.91 Å². The van der Waals surface area contributed by atoms with E-state index in [2.05, 4.69) is 5.32 Å². The zero-order valence-electron chi connectivity index (χ0n) is 8.75. The Kier molecular flexibility index (Phi) is 3.89. The van der Waals surface area contributed by atoms with Gasteiger partial charge in [0, 0.05) is 19.7 Å². The molecule has 1 fully saturated rings. The van der Waals surface area contributed by atoms with E-state index in [1.165, 1.54) is 0 Å². The van der Waals surface area contributed by atoms with Crippen molar-refractivity contribution >= 4 is 5.91 Å². The third-order valence-electron chi connectivity index (χ3n) is 2.96. The Hall–Kier alpha value is -0.610. The summed E-state index contributed by atoms with van der Waals surface area (Å²) in [6.07, 6.45) is 2.57. The minimum atomic E-state index is -0.251. The van der Waals surface area contributed by atoms with Gasteiger partial charge in [-0.05, 0) is 25.2 Å². The molecule has 0 aromatic heterocycles. The van der Waals surface area contributed by atoms with Crippen molar-refractivity contribution in [3.05, 3.63) is 0 Å². The highest BCUT2D eigenvalue weighted by Gasteiger charge is 2.48. The molecule has 4 N–H and O–H groups in total. The maximum atomic E-state index is 11.6. The molecule has 4 heteroatoms. The molecule has 1 saturated carbocycles. The Morgan fingerprint density at radius 2 is 2.29 bits per heavy atom. The predicted molar refractivity (Wildman–Crippen MR) is 54.6 cm³/mol. The van der Waals surface area contributed by atoms with E-state index in [1.807, 2.05) is 6.92 Å². The number of aliphatic hydroxyl groups is 1. The van der Waals surface area contributed by atoms with Crippen LogP contribution in [-0.4, -0.2) is 30.7 Å². The zero-order valence-corrected chi connectivity index (χ0v) is 8.75. The summed E-state index contributed by atoms with van der Waals surface area (Å²) in [5, 5.41) is 11.6. The molecule has 1 aliphatic rings. The molecule has 14 heavy (non-hydrogen) atoms. The van der Waals surface area contributed by atoms with E-state index in [0.29, 0.717) is 19.0 Å². The number of aliphatic hydroxyl groups excluding tert-OH is 1. The Morgan fingerprint density at radius 3 is 2.71 bits per heavy atom. The van der Waals surface area contributed by atoms with Gasteiger partial charge in [0.25, 0.3) is 0 Å². The fourth-order valence-corrected chi connectivity index (χ4v) is 1.45. The van der Waals surface area contributed by atoms with Gasteiger partial charge < -0.3 is 16.2 Å².